The normalized spacial score (nSPS) is 15.6. The molecule has 1 fully saturated rings. The first-order chi connectivity index (χ1) is 35.5. The average molecular weight is 1060 g/mol. The first kappa shape index (κ1) is 66.5. The summed E-state index contributed by atoms with van der Waals surface area (Å²) >= 11 is 0. The molecule has 0 bridgehead atoms. The minimum absolute atomic E-state index is 0.0528. The van der Waals surface area contributed by atoms with Gasteiger partial charge in [-0.05, 0) is 96.7 Å². The fourth-order valence-electron chi connectivity index (χ4n) is 8.38. The van der Waals surface area contributed by atoms with Crippen LogP contribution in [-0.4, -0.2) is 168 Å². The van der Waals surface area contributed by atoms with Crippen LogP contribution in [0.15, 0.2) is 0 Å². The van der Waals surface area contributed by atoms with Gasteiger partial charge in [-0.3, -0.25) is 43.2 Å². The van der Waals surface area contributed by atoms with Crippen molar-refractivity contribution in [2.45, 2.75) is 203 Å². The SMILES string of the molecule is CCCCCCCCCCCCCC(=O)NCC(=O)N[C@@H](CO)C(=O)N[C@@H](CC(N)=O)C(=O)N[C@@H](CCCCN)C(=O)N[C@@H](CO)C(=O)N[C@@H](CCCCN)C(=O)N1CCC[C@H]1C(=O)N[C@@H](CCCCN)C(=O)O. The third kappa shape index (κ3) is 27.7. The molecule has 1 saturated heterocycles. The topological polar surface area (TPSA) is 423 Å². The van der Waals surface area contributed by atoms with Crippen LogP contribution >= 0.6 is 0 Å². The van der Waals surface area contributed by atoms with Gasteiger partial charge in [-0.25, -0.2) is 4.79 Å². The van der Waals surface area contributed by atoms with Gasteiger partial charge in [-0.15, -0.1) is 0 Å². The summed E-state index contributed by atoms with van der Waals surface area (Å²) < 4.78 is 0. The molecule has 1 aliphatic heterocycles. The first-order valence-corrected chi connectivity index (χ1v) is 26.7. The minimum Gasteiger partial charge on any atom is -0.480 e. The maximum Gasteiger partial charge on any atom is 0.326 e. The summed E-state index contributed by atoms with van der Waals surface area (Å²) in [4.78, 5) is 132. The van der Waals surface area contributed by atoms with E-state index >= 15 is 0 Å². The Kier molecular flexibility index (Phi) is 35.9. The molecule has 0 radical (unpaired) electrons. The summed E-state index contributed by atoms with van der Waals surface area (Å²) in [6, 6.07) is -10.0. The van der Waals surface area contributed by atoms with Crippen molar-refractivity contribution >= 4 is 59.1 Å². The lowest BCUT2D eigenvalue weighted by Gasteiger charge is -2.30. The van der Waals surface area contributed by atoms with E-state index in [4.69, 9.17) is 22.9 Å². The number of carboxylic acids is 1. The van der Waals surface area contributed by atoms with Crippen molar-refractivity contribution in [3.8, 4) is 0 Å². The number of likely N-dealkylation sites (tertiary alicyclic amines) is 1. The quantitative estimate of drug-likeness (QED) is 0.0295. The van der Waals surface area contributed by atoms with Crippen LogP contribution in [0.2, 0.25) is 0 Å². The van der Waals surface area contributed by atoms with Crippen LogP contribution < -0.4 is 60.2 Å². The Morgan fingerprint density at radius 1 is 0.527 bits per heavy atom. The molecule has 25 heteroatoms. The fraction of sp³-hybridized carbons (Fsp3) is 0.796. The number of aliphatic hydroxyl groups is 2. The molecular weight excluding hydrogens is 965 g/mol. The molecule has 25 nitrogen and oxygen atoms in total. The predicted octanol–water partition coefficient (Wildman–Crippen LogP) is -1.96. The molecule has 424 valence electrons. The van der Waals surface area contributed by atoms with Crippen molar-refractivity contribution in [1.82, 2.24) is 42.1 Å². The monoisotopic (exact) mass is 1050 g/mol. The Hall–Kier alpha value is -5.50. The predicted molar refractivity (Wildman–Crippen MR) is 275 cm³/mol. The molecule has 7 atom stereocenters. The molecule has 0 unspecified atom stereocenters. The number of aliphatic hydroxyl groups excluding tert-OH is 2. The highest BCUT2D eigenvalue weighted by atomic mass is 16.4. The molecule has 0 saturated carbocycles. The highest BCUT2D eigenvalue weighted by Gasteiger charge is 2.40. The zero-order valence-corrected chi connectivity index (χ0v) is 43.6. The Labute approximate surface area is 435 Å². The van der Waals surface area contributed by atoms with Crippen molar-refractivity contribution in [2.75, 3.05) is 45.9 Å². The van der Waals surface area contributed by atoms with Gasteiger partial charge in [0, 0.05) is 13.0 Å². The highest BCUT2D eigenvalue weighted by molar-refractivity contribution is 5.98. The van der Waals surface area contributed by atoms with Crippen LogP contribution in [-0.2, 0) is 47.9 Å². The van der Waals surface area contributed by atoms with Crippen molar-refractivity contribution in [3.05, 3.63) is 0 Å². The molecule has 1 heterocycles. The number of rotatable bonds is 43. The summed E-state index contributed by atoms with van der Waals surface area (Å²) in [5.74, 6) is -8.98. The minimum atomic E-state index is -1.74. The van der Waals surface area contributed by atoms with Gasteiger partial charge in [-0.1, -0.05) is 71.1 Å². The van der Waals surface area contributed by atoms with E-state index in [-0.39, 0.29) is 64.1 Å². The molecule has 18 N–H and O–H groups in total. The number of carbonyl (C=O) groups excluding carboxylic acids is 9. The Balaban J connectivity index is 3.02. The van der Waals surface area contributed by atoms with Crippen molar-refractivity contribution in [1.29, 1.82) is 0 Å². The van der Waals surface area contributed by atoms with E-state index in [0.29, 0.717) is 51.5 Å². The fourth-order valence-corrected chi connectivity index (χ4v) is 8.38. The molecule has 0 spiro atoms. The third-order valence-corrected chi connectivity index (χ3v) is 12.7. The Bertz CT molecular complexity index is 1740. The van der Waals surface area contributed by atoms with Gasteiger partial charge in [0.1, 0.15) is 42.3 Å². The van der Waals surface area contributed by atoms with Crippen LogP contribution in [0.5, 0.6) is 0 Å². The number of nitrogens with zero attached hydrogens (tertiary/aromatic N) is 1. The van der Waals surface area contributed by atoms with Crippen LogP contribution in [0, 0.1) is 0 Å². The summed E-state index contributed by atoms with van der Waals surface area (Å²) in [5, 5.41) is 46.9. The van der Waals surface area contributed by atoms with E-state index in [1.165, 1.54) is 43.4 Å². The number of unbranched alkanes of at least 4 members (excludes halogenated alkanes) is 13. The smallest absolute Gasteiger partial charge is 0.326 e. The van der Waals surface area contributed by atoms with E-state index in [1.54, 1.807) is 0 Å². The van der Waals surface area contributed by atoms with Gasteiger partial charge < -0.3 is 80.4 Å². The number of carbonyl (C=O) groups is 10. The molecular formula is C49H90N12O13. The van der Waals surface area contributed by atoms with Crippen molar-refractivity contribution in [3.63, 3.8) is 0 Å². The average Bonchev–Trinajstić information content (AvgIpc) is 3.87. The van der Waals surface area contributed by atoms with E-state index in [9.17, 15) is 63.3 Å². The number of aliphatic carboxylic acids is 1. The number of amides is 9. The molecule has 74 heavy (non-hydrogen) atoms. The van der Waals surface area contributed by atoms with Crippen LogP contribution in [0.4, 0.5) is 0 Å². The van der Waals surface area contributed by atoms with Crippen LogP contribution in [0.25, 0.3) is 0 Å². The zero-order valence-electron chi connectivity index (χ0n) is 43.6. The summed E-state index contributed by atoms with van der Waals surface area (Å²) in [5.41, 5.74) is 22.3. The first-order valence-electron chi connectivity index (χ1n) is 26.7. The van der Waals surface area contributed by atoms with Gasteiger partial charge in [0.25, 0.3) is 0 Å². The zero-order chi connectivity index (χ0) is 55.3. The molecule has 1 rings (SSSR count). The second kappa shape index (κ2) is 39.9. The molecule has 9 amide bonds. The summed E-state index contributed by atoms with van der Waals surface area (Å²) in [7, 11) is 0. The number of carboxylic acid groups (broad SMARTS) is 1. The maximum atomic E-state index is 14.1. The molecule has 0 aromatic rings. The van der Waals surface area contributed by atoms with Crippen molar-refractivity contribution in [2.24, 2.45) is 22.9 Å². The lowest BCUT2D eigenvalue weighted by atomic mass is 10.0. The summed E-state index contributed by atoms with van der Waals surface area (Å²) in [6.45, 7) is 0.704. The number of primary amides is 1. The van der Waals surface area contributed by atoms with E-state index in [0.717, 1.165) is 25.7 Å². The summed E-state index contributed by atoms with van der Waals surface area (Å²) in [6.07, 6.45) is 14.8. The van der Waals surface area contributed by atoms with E-state index in [2.05, 4.69) is 44.1 Å². The van der Waals surface area contributed by atoms with Gasteiger partial charge in [0.2, 0.25) is 53.2 Å². The number of nitrogens with one attached hydrogen (secondary N) is 7. The van der Waals surface area contributed by atoms with Gasteiger partial charge in [-0.2, -0.15) is 0 Å². The lowest BCUT2D eigenvalue weighted by Crippen LogP contribution is -2.61. The number of hydrogen-bond donors (Lipinski definition) is 14. The van der Waals surface area contributed by atoms with E-state index in [1.807, 2.05) is 0 Å². The largest absolute Gasteiger partial charge is 0.480 e. The second-order valence-corrected chi connectivity index (χ2v) is 18.9. The molecule has 1 aliphatic rings. The third-order valence-electron chi connectivity index (χ3n) is 12.7. The van der Waals surface area contributed by atoms with Gasteiger partial charge in [0.05, 0.1) is 26.2 Å². The molecule has 0 aromatic heterocycles. The van der Waals surface area contributed by atoms with Crippen molar-refractivity contribution < 1.29 is 63.3 Å². The van der Waals surface area contributed by atoms with E-state index < -0.39 is 122 Å². The number of hydrogen-bond acceptors (Lipinski definition) is 15. The molecule has 0 aliphatic carbocycles. The van der Waals surface area contributed by atoms with Crippen LogP contribution in [0.1, 0.15) is 161 Å². The lowest BCUT2D eigenvalue weighted by molar-refractivity contribution is -0.145. The number of nitrogens with two attached hydrogens (primary N) is 4. The molecule has 0 aromatic carbocycles. The maximum absolute atomic E-state index is 14.1. The second-order valence-electron chi connectivity index (χ2n) is 18.9. The standard InChI is InChI=1S/C49H90N12O13/c1-2-3-4-5-6-7-8-9-10-11-12-24-41(65)54-30-42(66)55-37(31-62)45(69)59-36(29-40(53)64)44(68)56-33(20-13-16-25-50)43(67)60-38(32-63)46(70)57-34(21-14-17-26-51)48(72)61-28-19-23-39(61)47(71)58-35(49(73)74)22-15-18-27-52/h33-39,62-63H,2-32,50-52H2,1H3,(H2,53,64)(H,54,65)(H,55,66)(H,56,68)(H,57,70)(H,58,71)(H,59,69)(H,60,67)(H,73,74)/t33-,34-,35-,36-,37-,38-,39-/m0/s1. The highest BCUT2D eigenvalue weighted by Crippen LogP contribution is 2.21. The van der Waals surface area contributed by atoms with Gasteiger partial charge >= 0.3 is 5.97 Å². The van der Waals surface area contributed by atoms with Crippen LogP contribution in [0.3, 0.4) is 0 Å². The van der Waals surface area contributed by atoms with Gasteiger partial charge in [0.15, 0.2) is 0 Å². The Morgan fingerprint density at radius 2 is 0.973 bits per heavy atom. The Morgan fingerprint density at radius 3 is 1.49 bits per heavy atom.